The van der Waals surface area contributed by atoms with Crippen LogP contribution >= 0.6 is 11.8 Å². The van der Waals surface area contributed by atoms with Gasteiger partial charge in [-0.05, 0) is 36.9 Å². The van der Waals surface area contributed by atoms with Gasteiger partial charge in [-0.25, -0.2) is 0 Å². The molecule has 0 radical (unpaired) electrons. The van der Waals surface area contributed by atoms with E-state index in [1.54, 1.807) is 0 Å². The zero-order valence-corrected chi connectivity index (χ0v) is 13.6. The molecular formula is C16H27NO3S. The monoisotopic (exact) mass is 313 g/mol. The van der Waals surface area contributed by atoms with Crippen LogP contribution in [0.25, 0.3) is 0 Å². The quantitative estimate of drug-likeness (QED) is 0.790. The predicted molar refractivity (Wildman–Crippen MR) is 85.5 cm³/mol. The Hall–Kier alpha value is -0.710. The van der Waals surface area contributed by atoms with E-state index in [1.807, 2.05) is 11.8 Å². The van der Waals surface area contributed by atoms with Gasteiger partial charge in [0.2, 0.25) is 5.91 Å². The molecule has 21 heavy (non-hydrogen) atoms. The molecule has 2 aliphatic rings. The maximum atomic E-state index is 12.2. The minimum atomic E-state index is -0.771. The molecule has 2 rings (SSSR count). The molecule has 2 fully saturated rings. The minimum absolute atomic E-state index is 0.0457. The summed E-state index contributed by atoms with van der Waals surface area (Å²) in [6, 6.07) is 0. The topological polar surface area (TPSA) is 66.4 Å². The molecule has 1 saturated carbocycles. The van der Waals surface area contributed by atoms with Gasteiger partial charge in [0, 0.05) is 18.2 Å². The normalized spacial score (nSPS) is 25.2. The molecule has 5 heteroatoms. The first-order valence-electron chi connectivity index (χ1n) is 8.20. The Bertz CT molecular complexity index is 361. The Labute approximate surface area is 131 Å². The van der Waals surface area contributed by atoms with Crippen molar-refractivity contribution in [2.24, 2.45) is 5.41 Å². The van der Waals surface area contributed by atoms with E-state index >= 15 is 0 Å². The third-order valence-corrected chi connectivity index (χ3v) is 6.18. The average Bonchev–Trinajstić information content (AvgIpc) is 2.46. The maximum Gasteiger partial charge on any atom is 0.303 e. The number of carboxylic acid groups (broad SMARTS) is 1. The summed E-state index contributed by atoms with van der Waals surface area (Å²) in [5.41, 5.74) is -0.298. The average molecular weight is 313 g/mol. The number of carbonyl (C=O) groups excluding carboxylic acids is 1. The van der Waals surface area contributed by atoms with E-state index in [2.05, 4.69) is 5.32 Å². The van der Waals surface area contributed by atoms with Crippen molar-refractivity contribution in [3.05, 3.63) is 0 Å². The fourth-order valence-electron chi connectivity index (χ4n) is 3.64. The summed E-state index contributed by atoms with van der Waals surface area (Å²) < 4.78 is 0. The Morgan fingerprint density at radius 1 is 1.10 bits per heavy atom. The Balaban J connectivity index is 1.81. The Morgan fingerprint density at radius 3 is 2.48 bits per heavy atom. The van der Waals surface area contributed by atoms with Gasteiger partial charge in [-0.2, -0.15) is 11.8 Å². The van der Waals surface area contributed by atoms with Crippen LogP contribution in [-0.2, 0) is 9.59 Å². The van der Waals surface area contributed by atoms with Crippen LogP contribution < -0.4 is 5.32 Å². The number of hydrogen-bond donors (Lipinski definition) is 2. The van der Waals surface area contributed by atoms with Crippen LogP contribution in [0.2, 0.25) is 0 Å². The smallest absolute Gasteiger partial charge is 0.303 e. The molecule has 0 spiro atoms. The van der Waals surface area contributed by atoms with Crippen molar-refractivity contribution in [3.8, 4) is 0 Å². The summed E-state index contributed by atoms with van der Waals surface area (Å²) in [6.07, 6.45) is 9.30. The van der Waals surface area contributed by atoms with Crippen LogP contribution in [-0.4, -0.2) is 34.5 Å². The second-order valence-electron chi connectivity index (χ2n) is 6.60. The number of hydrogen-bond acceptors (Lipinski definition) is 3. The lowest BCUT2D eigenvalue weighted by molar-refractivity contribution is -0.141. The van der Waals surface area contributed by atoms with Crippen LogP contribution in [0.3, 0.4) is 0 Å². The number of aliphatic carboxylic acids is 1. The SMILES string of the molecule is O=C(O)CC1(CC(=O)NCC2CCCCS2)CCCCC1. The minimum Gasteiger partial charge on any atom is -0.481 e. The van der Waals surface area contributed by atoms with Crippen LogP contribution in [0.15, 0.2) is 0 Å². The van der Waals surface area contributed by atoms with Crippen LogP contribution in [0.5, 0.6) is 0 Å². The molecule has 120 valence electrons. The summed E-state index contributed by atoms with van der Waals surface area (Å²) in [4.78, 5) is 23.4. The number of rotatable bonds is 6. The summed E-state index contributed by atoms with van der Waals surface area (Å²) >= 11 is 1.95. The largest absolute Gasteiger partial charge is 0.481 e. The molecule has 1 amide bonds. The third-order valence-electron chi connectivity index (χ3n) is 4.78. The van der Waals surface area contributed by atoms with Gasteiger partial charge in [0.25, 0.3) is 0 Å². The molecule has 4 nitrogen and oxygen atoms in total. The van der Waals surface area contributed by atoms with E-state index in [9.17, 15) is 9.59 Å². The molecule has 1 unspecified atom stereocenters. The lowest BCUT2D eigenvalue weighted by atomic mass is 9.69. The lowest BCUT2D eigenvalue weighted by Gasteiger charge is -2.35. The van der Waals surface area contributed by atoms with E-state index in [-0.39, 0.29) is 17.7 Å². The second kappa shape index (κ2) is 8.06. The molecule has 2 N–H and O–H groups in total. The number of amides is 1. The molecule has 1 heterocycles. The van der Waals surface area contributed by atoms with E-state index in [0.29, 0.717) is 11.7 Å². The zero-order chi connectivity index (χ0) is 15.1. The lowest BCUT2D eigenvalue weighted by Crippen LogP contribution is -2.37. The summed E-state index contributed by atoms with van der Waals surface area (Å²) in [5.74, 6) is 0.473. The van der Waals surface area contributed by atoms with E-state index in [4.69, 9.17) is 5.11 Å². The highest BCUT2D eigenvalue weighted by atomic mass is 32.2. The van der Waals surface area contributed by atoms with Crippen molar-refractivity contribution < 1.29 is 14.7 Å². The van der Waals surface area contributed by atoms with Gasteiger partial charge in [0.05, 0.1) is 6.42 Å². The first-order chi connectivity index (χ1) is 10.1. The predicted octanol–water partition coefficient (Wildman–Crippen LogP) is 3.20. The van der Waals surface area contributed by atoms with Crippen molar-refractivity contribution >= 4 is 23.6 Å². The first-order valence-corrected chi connectivity index (χ1v) is 9.25. The summed E-state index contributed by atoms with van der Waals surface area (Å²) in [5, 5.41) is 12.7. The van der Waals surface area contributed by atoms with Crippen molar-refractivity contribution in [2.45, 2.75) is 69.5 Å². The molecule has 0 aromatic heterocycles. The van der Waals surface area contributed by atoms with Crippen molar-refractivity contribution in [2.75, 3.05) is 12.3 Å². The Morgan fingerprint density at radius 2 is 1.86 bits per heavy atom. The summed E-state index contributed by atoms with van der Waals surface area (Å²) in [6.45, 7) is 0.743. The maximum absolute atomic E-state index is 12.2. The van der Waals surface area contributed by atoms with Gasteiger partial charge in [0.15, 0.2) is 0 Å². The van der Waals surface area contributed by atoms with E-state index < -0.39 is 5.97 Å². The van der Waals surface area contributed by atoms with Crippen molar-refractivity contribution in [1.82, 2.24) is 5.32 Å². The fraction of sp³-hybridized carbons (Fsp3) is 0.875. The molecule has 1 atom stereocenters. The number of thioether (sulfide) groups is 1. The van der Waals surface area contributed by atoms with Crippen molar-refractivity contribution in [1.29, 1.82) is 0 Å². The molecule has 1 saturated heterocycles. The third kappa shape index (κ3) is 5.53. The molecular weight excluding hydrogens is 286 g/mol. The van der Waals surface area contributed by atoms with E-state index in [0.717, 1.165) is 32.2 Å². The molecule has 0 aromatic carbocycles. The van der Waals surface area contributed by atoms with Crippen LogP contribution in [0.1, 0.15) is 64.2 Å². The summed E-state index contributed by atoms with van der Waals surface area (Å²) in [7, 11) is 0. The van der Waals surface area contributed by atoms with Gasteiger partial charge in [-0.3, -0.25) is 9.59 Å². The first kappa shape index (κ1) is 16.7. The zero-order valence-electron chi connectivity index (χ0n) is 12.7. The standard InChI is InChI=1S/C16H27NO3S/c18-14(17-12-13-6-2-5-9-21-13)10-16(11-15(19)20)7-3-1-4-8-16/h13H,1-12H2,(H,17,18)(H,19,20). The molecule has 1 aliphatic carbocycles. The van der Waals surface area contributed by atoms with E-state index in [1.165, 1.54) is 31.4 Å². The molecule has 0 aromatic rings. The van der Waals surface area contributed by atoms with Gasteiger partial charge < -0.3 is 10.4 Å². The van der Waals surface area contributed by atoms with Gasteiger partial charge in [0.1, 0.15) is 0 Å². The Kier molecular flexibility index (Phi) is 6.40. The van der Waals surface area contributed by atoms with Gasteiger partial charge in [-0.15, -0.1) is 0 Å². The highest BCUT2D eigenvalue weighted by Crippen LogP contribution is 2.42. The number of carbonyl (C=O) groups is 2. The van der Waals surface area contributed by atoms with Gasteiger partial charge >= 0.3 is 5.97 Å². The number of nitrogens with one attached hydrogen (secondary N) is 1. The highest BCUT2D eigenvalue weighted by Gasteiger charge is 2.36. The van der Waals surface area contributed by atoms with Gasteiger partial charge in [-0.1, -0.05) is 25.7 Å². The second-order valence-corrected chi connectivity index (χ2v) is 8.01. The molecule has 0 bridgehead atoms. The van der Waals surface area contributed by atoms with Crippen LogP contribution in [0, 0.1) is 5.41 Å². The van der Waals surface area contributed by atoms with Crippen LogP contribution in [0.4, 0.5) is 0 Å². The van der Waals surface area contributed by atoms with Crippen molar-refractivity contribution in [3.63, 3.8) is 0 Å². The molecule has 1 aliphatic heterocycles. The fourth-order valence-corrected chi connectivity index (χ4v) is 4.88. The highest BCUT2D eigenvalue weighted by molar-refractivity contribution is 7.99. The number of carboxylic acids is 1.